The van der Waals surface area contributed by atoms with Crippen molar-refractivity contribution in [2.24, 2.45) is 11.1 Å². The number of hydrogen-bond donors (Lipinski definition) is 1. The summed E-state index contributed by atoms with van der Waals surface area (Å²) in [6.45, 7) is 14.9. The third-order valence-corrected chi connectivity index (χ3v) is 2.41. The number of allylic oxidation sites excluding steroid dienone is 1. The highest BCUT2D eigenvalue weighted by atomic mass is 15.1. The van der Waals surface area contributed by atoms with Gasteiger partial charge in [0.1, 0.15) is 0 Å². The number of likely N-dealkylation sites (N-methyl/N-ethyl adjacent to an activating group) is 1. The summed E-state index contributed by atoms with van der Waals surface area (Å²) in [7, 11) is 0. The third kappa shape index (κ3) is 6.17. The minimum Gasteiger partial charge on any atom is -0.330 e. The molecule has 0 aliphatic rings. The molecule has 0 aromatic heterocycles. The molecule has 0 heterocycles. The first-order valence-corrected chi connectivity index (χ1v) is 5.47. The number of nitrogens with two attached hydrogens (primary N) is 1. The van der Waals surface area contributed by atoms with Gasteiger partial charge in [0.25, 0.3) is 0 Å². The van der Waals surface area contributed by atoms with Crippen LogP contribution in [-0.2, 0) is 0 Å². The van der Waals surface area contributed by atoms with Crippen LogP contribution in [0.15, 0.2) is 11.6 Å². The molecule has 0 aliphatic carbocycles. The van der Waals surface area contributed by atoms with E-state index in [4.69, 9.17) is 5.73 Å². The van der Waals surface area contributed by atoms with E-state index in [1.165, 1.54) is 5.57 Å². The van der Waals surface area contributed by atoms with Gasteiger partial charge in [-0.15, -0.1) is 0 Å². The van der Waals surface area contributed by atoms with Crippen LogP contribution in [0.1, 0.15) is 34.6 Å². The molecule has 0 aromatic carbocycles. The van der Waals surface area contributed by atoms with Gasteiger partial charge in [-0.2, -0.15) is 0 Å². The van der Waals surface area contributed by atoms with Crippen LogP contribution in [0.2, 0.25) is 0 Å². The van der Waals surface area contributed by atoms with Crippen LogP contribution in [0.4, 0.5) is 0 Å². The molecule has 0 aromatic rings. The molecule has 2 N–H and O–H groups in total. The van der Waals surface area contributed by atoms with E-state index < -0.39 is 0 Å². The van der Waals surface area contributed by atoms with E-state index in [0.717, 1.165) is 26.2 Å². The molecule has 0 amide bonds. The lowest BCUT2D eigenvalue weighted by molar-refractivity contribution is 0.206. The number of hydrogen-bond acceptors (Lipinski definition) is 2. The Hall–Kier alpha value is -0.340. The second kappa shape index (κ2) is 6.20. The molecule has 0 aliphatic heterocycles. The zero-order valence-electron chi connectivity index (χ0n) is 10.4. The summed E-state index contributed by atoms with van der Waals surface area (Å²) in [6, 6.07) is 0. The molecule has 0 unspecified atom stereocenters. The van der Waals surface area contributed by atoms with Crippen LogP contribution >= 0.6 is 0 Å². The summed E-state index contributed by atoms with van der Waals surface area (Å²) >= 11 is 0. The van der Waals surface area contributed by atoms with E-state index in [1.807, 2.05) is 0 Å². The van der Waals surface area contributed by atoms with Crippen LogP contribution < -0.4 is 5.73 Å². The maximum absolute atomic E-state index is 5.72. The average molecular weight is 198 g/mol. The molecular formula is C12H26N2. The summed E-state index contributed by atoms with van der Waals surface area (Å²) in [4.78, 5) is 2.43. The molecular weight excluding hydrogens is 172 g/mol. The van der Waals surface area contributed by atoms with Crippen LogP contribution in [0.5, 0.6) is 0 Å². The quantitative estimate of drug-likeness (QED) is 0.663. The van der Waals surface area contributed by atoms with Gasteiger partial charge in [0, 0.05) is 13.1 Å². The fourth-order valence-electron chi connectivity index (χ4n) is 1.29. The fraction of sp³-hybridized carbons (Fsp3) is 0.833. The average Bonchev–Trinajstić information content (AvgIpc) is 2.12. The van der Waals surface area contributed by atoms with Gasteiger partial charge in [0.05, 0.1) is 0 Å². The lowest BCUT2D eigenvalue weighted by atomic mass is 9.93. The Bertz CT molecular complexity index is 179. The smallest absolute Gasteiger partial charge is 0.0165 e. The Morgan fingerprint density at radius 1 is 1.36 bits per heavy atom. The van der Waals surface area contributed by atoms with Crippen LogP contribution in [0.25, 0.3) is 0 Å². The Morgan fingerprint density at radius 3 is 2.29 bits per heavy atom. The first kappa shape index (κ1) is 13.7. The molecule has 0 atom stereocenters. The van der Waals surface area contributed by atoms with Crippen LogP contribution in [-0.4, -0.2) is 31.1 Å². The van der Waals surface area contributed by atoms with Gasteiger partial charge < -0.3 is 5.73 Å². The predicted molar refractivity (Wildman–Crippen MR) is 64.4 cm³/mol. The Labute approximate surface area is 89.2 Å². The van der Waals surface area contributed by atoms with Gasteiger partial charge >= 0.3 is 0 Å². The van der Waals surface area contributed by atoms with Crippen molar-refractivity contribution in [3.63, 3.8) is 0 Å². The molecule has 0 spiro atoms. The van der Waals surface area contributed by atoms with Crippen molar-refractivity contribution in [3.05, 3.63) is 11.6 Å². The first-order valence-electron chi connectivity index (χ1n) is 5.47. The highest BCUT2D eigenvalue weighted by molar-refractivity contribution is 4.95. The third-order valence-electron chi connectivity index (χ3n) is 2.41. The SMILES string of the molecule is CCN(CC=C(C)C)CC(C)(C)CN. The minimum atomic E-state index is 0.228. The second-order valence-corrected chi connectivity index (χ2v) is 4.98. The van der Waals surface area contributed by atoms with E-state index in [-0.39, 0.29) is 5.41 Å². The summed E-state index contributed by atoms with van der Waals surface area (Å²) in [6.07, 6.45) is 2.27. The molecule has 0 bridgehead atoms. The maximum Gasteiger partial charge on any atom is 0.0165 e. The van der Waals surface area contributed by atoms with Gasteiger partial charge in [0.15, 0.2) is 0 Å². The largest absolute Gasteiger partial charge is 0.330 e. The van der Waals surface area contributed by atoms with E-state index in [0.29, 0.717) is 0 Å². The summed E-state index contributed by atoms with van der Waals surface area (Å²) in [5.74, 6) is 0. The molecule has 0 radical (unpaired) electrons. The lowest BCUT2D eigenvalue weighted by Crippen LogP contribution is -2.38. The van der Waals surface area contributed by atoms with Gasteiger partial charge in [0.2, 0.25) is 0 Å². The van der Waals surface area contributed by atoms with E-state index in [9.17, 15) is 0 Å². The molecule has 0 rings (SSSR count). The van der Waals surface area contributed by atoms with Crippen molar-refractivity contribution in [1.82, 2.24) is 4.90 Å². The zero-order chi connectivity index (χ0) is 11.2. The van der Waals surface area contributed by atoms with Gasteiger partial charge in [-0.25, -0.2) is 0 Å². The van der Waals surface area contributed by atoms with E-state index in [1.54, 1.807) is 0 Å². The van der Waals surface area contributed by atoms with Crippen LogP contribution in [0.3, 0.4) is 0 Å². The molecule has 0 saturated carbocycles. The fourth-order valence-corrected chi connectivity index (χ4v) is 1.29. The molecule has 0 fully saturated rings. The predicted octanol–water partition coefficient (Wildman–Crippen LogP) is 2.26. The second-order valence-electron chi connectivity index (χ2n) is 4.98. The van der Waals surface area contributed by atoms with Crippen molar-refractivity contribution in [3.8, 4) is 0 Å². The molecule has 2 heteroatoms. The van der Waals surface area contributed by atoms with E-state index in [2.05, 4.69) is 45.6 Å². The maximum atomic E-state index is 5.72. The normalized spacial score (nSPS) is 11.9. The van der Waals surface area contributed by atoms with Crippen LogP contribution in [0, 0.1) is 5.41 Å². The summed E-state index contributed by atoms with van der Waals surface area (Å²) < 4.78 is 0. The standard InChI is InChI=1S/C12H26N2/c1-6-14(8-7-11(2)3)10-12(4,5)9-13/h7H,6,8-10,13H2,1-5H3. The van der Waals surface area contributed by atoms with Gasteiger partial charge in [-0.1, -0.05) is 32.4 Å². The first-order chi connectivity index (χ1) is 6.41. The van der Waals surface area contributed by atoms with Gasteiger partial charge in [-0.3, -0.25) is 4.90 Å². The minimum absolute atomic E-state index is 0.228. The number of rotatable bonds is 6. The Kier molecular flexibility index (Phi) is 6.05. The summed E-state index contributed by atoms with van der Waals surface area (Å²) in [5.41, 5.74) is 7.33. The lowest BCUT2D eigenvalue weighted by Gasteiger charge is -2.30. The molecule has 14 heavy (non-hydrogen) atoms. The van der Waals surface area contributed by atoms with E-state index >= 15 is 0 Å². The molecule has 2 nitrogen and oxygen atoms in total. The van der Waals surface area contributed by atoms with Gasteiger partial charge in [-0.05, 0) is 32.4 Å². The monoisotopic (exact) mass is 198 g/mol. The zero-order valence-corrected chi connectivity index (χ0v) is 10.4. The highest BCUT2D eigenvalue weighted by Crippen LogP contribution is 2.14. The van der Waals surface area contributed by atoms with Crippen molar-refractivity contribution in [2.75, 3.05) is 26.2 Å². The van der Waals surface area contributed by atoms with Crippen molar-refractivity contribution in [2.45, 2.75) is 34.6 Å². The van der Waals surface area contributed by atoms with Crippen molar-refractivity contribution < 1.29 is 0 Å². The highest BCUT2D eigenvalue weighted by Gasteiger charge is 2.18. The topological polar surface area (TPSA) is 29.3 Å². The molecule has 0 saturated heterocycles. The Balaban J connectivity index is 4.09. The van der Waals surface area contributed by atoms with Crippen molar-refractivity contribution >= 4 is 0 Å². The number of nitrogens with zero attached hydrogens (tertiary/aromatic N) is 1. The molecule has 84 valence electrons. The Morgan fingerprint density at radius 2 is 1.93 bits per heavy atom. The van der Waals surface area contributed by atoms with Crippen molar-refractivity contribution in [1.29, 1.82) is 0 Å². The summed E-state index contributed by atoms with van der Waals surface area (Å²) in [5, 5.41) is 0.